The lowest BCUT2D eigenvalue weighted by Gasteiger charge is -2.14. The Labute approximate surface area is 164 Å². The Morgan fingerprint density at radius 1 is 0.933 bits per heavy atom. The van der Waals surface area contributed by atoms with E-state index in [4.69, 9.17) is 4.42 Å². The van der Waals surface area contributed by atoms with E-state index in [0.717, 1.165) is 0 Å². The van der Waals surface area contributed by atoms with Crippen molar-refractivity contribution in [1.29, 1.82) is 0 Å². The summed E-state index contributed by atoms with van der Waals surface area (Å²) in [5.74, 6) is -1.21. The lowest BCUT2D eigenvalue weighted by molar-refractivity contribution is -0.143. The van der Waals surface area contributed by atoms with Gasteiger partial charge in [-0.05, 0) is 36.4 Å². The summed E-state index contributed by atoms with van der Waals surface area (Å²) in [5.41, 5.74) is -4.14. The highest BCUT2D eigenvalue weighted by atomic mass is 19.4. The zero-order chi connectivity index (χ0) is 22.1. The van der Waals surface area contributed by atoms with Crippen molar-refractivity contribution in [2.24, 2.45) is 0 Å². The van der Waals surface area contributed by atoms with E-state index in [0.29, 0.717) is 12.1 Å². The van der Waals surface area contributed by atoms with Gasteiger partial charge in [0, 0.05) is 18.0 Å². The van der Waals surface area contributed by atoms with Crippen molar-refractivity contribution in [3.8, 4) is 0 Å². The van der Waals surface area contributed by atoms with Crippen LogP contribution in [0.25, 0.3) is 0 Å². The van der Waals surface area contributed by atoms with Gasteiger partial charge in [0.25, 0.3) is 11.5 Å². The molecule has 0 radical (unpaired) electrons. The van der Waals surface area contributed by atoms with Crippen LogP contribution >= 0.6 is 0 Å². The summed E-state index contributed by atoms with van der Waals surface area (Å²) < 4.78 is 84.0. The molecule has 1 N–H and O–H groups in total. The van der Waals surface area contributed by atoms with E-state index in [1.165, 1.54) is 35.0 Å². The molecule has 11 heteroatoms. The van der Waals surface area contributed by atoms with Gasteiger partial charge in [0.2, 0.25) is 0 Å². The Bertz CT molecular complexity index is 1100. The van der Waals surface area contributed by atoms with Gasteiger partial charge < -0.3 is 14.3 Å². The van der Waals surface area contributed by atoms with Gasteiger partial charge in [-0.15, -0.1) is 0 Å². The monoisotopic (exact) mass is 430 g/mol. The van der Waals surface area contributed by atoms with Gasteiger partial charge >= 0.3 is 12.4 Å². The first-order valence-corrected chi connectivity index (χ1v) is 8.28. The number of aromatic nitrogens is 1. The predicted molar refractivity (Wildman–Crippen MR) is 92.9 cm³/mol. The van der Waals surface area contributed by atoms with E-state index in [1.807, 2.05) is 5.32 Å². The summed E-state index contributed by atoms with van der Waals surface area (Å²) >= 11 is 0. The van der Waals surface area contributed by atoms with Crippen LogP contribution in [0.2, 0.25) is 0 Å². The molecular formula is C19H12F6N2O3. The first kappa shape index (κ1) is 21.2. The fourth-order valence-corrected chi connectivity index (χ4v) is 2.56. The number of carbonyl (C=O) groups is 1. The van der Waals surface area contributed by atoms with Crippen LogP contribution in [0.4, 0.5) is 32.0 Å². The third-order valence-corrected chi connectivity index (χ3v) is 3.96. The largest absolute Gasteiger partial charge is 0.454 e. The Balaban J connectivity index is 1.83. The first-order valence-electron chi connectivity index (χ1n) is 8.28. The van der Waals surface area contributed by atoms with E-state index in [1.54, 1.807) is 6.07 Å². The molecule has 3 aromatic rings. The zero-order valence-corrected chi connectivity index (χ0v) is 14.8. The number of halogens is 6. The van der Waals surface area contributed by atoms with Crippen molar-refractivity contribution in [2.75, 3.05) is 5.32 Å². The van der Waals surface area contributed by atoms with Crippen molar-refractivity contribution < 1.29 is 35.6 Å². The fraction of sp³-hybridized carbons (Fsp3) is 0.158. The second-order valence-corrected chi connectivity index (χ2v) is 6.18. The van der Waals surface area contributed by atoms with Gasteiger partial charge in [0.05, 0.1) is 17.7 Å². The first-order chi connectivity index (χ1) is 13.9. The summed E-state index contributed by atoms with van der Waals surface area (Å²) in [7, 11) is 0. The van der Waals surface area contributed by atoms with Crippen LogP contribution in [0.5, 0.6) is 0 Å². The number of benzene rings is 1. The van der Waals surface area contributed by atoms with Crippen molar-refractivity contribution >= 4 is 11.6 Å². The predicted octanol–water partition coefficient (Wildman–Crippen LogP) is 4.78. The van der Waals surface area contributed by atoms with Gasteiger partial charge in [0.15, 0.2) is 5.76 Å². The number of alkyl halides is 6. The molecule has 158 valence electrons. The van der Waals surface area contributed by atoms with Crippen LogP contribution in [0.15, 0.2) is 63.9 Å². The second-order valence-electron chi connectivity index (χ2n) is 6.18. The number of nitrogens with zero attached hydrogens (tertiary/aromatic N) is 1. The molecule has 0 saturated carbocycles. The Morgan fingerprint density at radius 2 is 1.57 bits per heavy atom. The van der Waals surface area contributed by atoms with E-state index in [9.17, 15) is 35.9 Å². The Morgan fingerprint density at radius 3 is 2.13 bits per heavy atom. The van der Waals surface area contributed by atoms with Crippen molar-refractivity contribution in [1.82, 2.24) is 4.57 Å². The quantitative estimate of drug-likeness (QED) is 0.606. The number of furan rings is 1. The molecular weight excluding hydrogens is 418 g/mol. The molecule has 1 aromatic carbocycles. The highest BCUT2D eigenvalue weighted by Crippen LogP contribution is 2.37. The molecule has 0 atom stereocenters. The van der Waals surface area contributed by atoms with E-state index >= 15 is 0 Å². The van der Waals surface area contributed by atoms with Crippen molar-refractivity contribution in [3.05, 3.63) is 87.7 Å². The molecule has 0 saturated heterocycles. The summed E-state index contributed by atoms with van der Waals surface area (Å²) in [6.07, 6.45) is -8.60. The fourth-order valence-electron chi connectivity index (χ4n) is 2.56. The maximum Gasteiger partial charge on any atom is 0.416 e. The topological polar surface area (TPSA) is 64.2 Å². The van der Waals surface area contributed by atoms with Crippen molar-refractivity contribution in [2.45, 2.75) is 18.9 Å². The maximum atomic E-state index is 12.9. The molecule has 0 unspecified atom stereocenters. The van der Waals surface area contributed by atoms with Crippen LogP contribution in [0.3, 0.4) is 0 Å². The minimum absolute atomic E-state index is 0.0191. The maximum absolute atomic E-state index is 12.9. The summed E-state index contributed by atoms with van der Waals surface area (Å²) in [6, 6.07) is 7.73. The smallest absolute Gasteiger partial charge is 0.416 e. The van der Waals surface area contributed by atoms with Crippen LogP contribution in [0, 0.1) is 0 Å². The van der Waals surface area contributed by atoms with Crippen LogP contribution in [-0.4, -0.2) is 10.5 Å². The zero-order valence-electron chi connectivity index (χ0n) is 14.8. The van der Waals surface area contributed by atoms with Gasteiger partial charge in [-0.2, -0.15) is 26.3 Å². The number of rotatable bonds is 4. The number of anilines is 1. The van der Waals surface area contributed by atoms with Crippen molar-refractivity contribution in [3.63, 3.8) is 0 Å². The minimum Gasteiger partial charge on any atom is -0.454 e. The van der Waals surface area contributed by atoms with Crippen LogP contribution < -0.4 is 10.9 Å². The highest BCUT2D eigenvalue weighted by Gasteiger charge is 2.37. The van der Waals surface area contributed by atoms with Crippen LogP contribution in [0.1, 0.15) is 27.4 Å². The molecule has 0 aliphatic heterocycles. The van der Waals surface area contributed by atoms with Crippen LogP contribution in [-0.2, 0) is 18.9 Å². The molecule has 0 aliphatic carbocycles. The lowest BCUT2D eigenvalue weighted by atomic mass is 10.1. The van der Waals surface area contributed by atoms with E-state index in [2.05, 4.69) is 0 Å². The molecule has 2 heterocycles. The van der Waals surface area contributed by atoms with Gasteiger partial charge in [-0.25, -0.2) is 0 Å². The molecule has 0 fully saturated rings. The molecule has 0 bridgehead atoms. The number of nitrogens with one attached hydrogen (secondary N) is 1. The van der Waals surface area contributed by atoms with Gasteiger partial charge in [0.1, 0.15) is 5.76 Å². The normalized spacial score (nSPS) is 12.1. The number of hydrogen-bond acceptors (Lipinski definition) is 3. The highest BCUT2D eigenvalue weighted by molar-refractivity contribution is 6.02. The Kier molecular flexibility index (Phi) is 5.47. The Hall–Kier alpha value is -3.50. The summed E-state index contributed by atoms with van der Waals surface area (Å²) in [6.45, 7) is -0.0191. The molecule has 5 nitrogen and oxygen atoms in total. The van der Waals surface area contributed by atoms with E-state index in [-0.39, 0.29) is 29.7 Å². The molecule has 0 aliphatic rings. The second kappa shape index (κ2) is 7.73. The molecule has 2 aromatic heterocycles. The van der Waals surface area contributed by atoms with E-state index < -0.39 is 35.1 Å². The third-order valence-electron chi connectivity index (χ3n) is 3.96. The number of carbonyl (C=O) groups excluding carboxylic acids is 1. The summed E-state index contributed by atoms with van der Waals surface area (Å²) in [5, 5.41) is 1.97. The summed E-state index contributed by atoms with van der Waals surface area (Å²) in [4.78, 5) is 23.9. The lowest BCUT2D eigenvalue weighted by Crippen LogP contribution is -2.18. The average Bonchev–Trinajstić information content (AvgIpc) is 3.11. The SMILES string of the molecule is O=C(Nc1cc(C(F)(F)F)cc(C(F)(F)F)c1)c1ccc(Cn2ccccc2=O)o1. The minimum atomic E-state index is -5.04. The standard InChI is InChI=1S/C19H12F6N2O3/c20-18(21,22)11-7-12(19(23,24)25)9-13(8-11)26-17(29)15-5-4-14(30-15)10-27-6-2-1-3-16(27)28/h1-9H,10H2,(H,26,29). The third kappa shape index (κ3) is 4.91. The molecule has 3 rings (SSSR count). The number of pyridine rings is 1. The molecule has 1 amide bonds. The number of hydrogen-bond donors (Lipinski definition) is 1. The number of amides is 1. The molecule has 0 spiro atoms. The van der Waals surface area contributed by atoms with Gasteiger partial charge in [-0.3, -0.25) is 9.59 Å². The average molecular weight is 430 g/mol. The molecule has 30 heavy (non-hydrogen) atoms. The van der Waals surface area contributed by atoms with Gasteiger partial charge in [-0.1, -0.05) is 6.07 Å².